The second kappa shape index (κ2) is 7.37. The SMILES string of the molecule is COCCNc1cc(-c2ccccc2)nc2c(-c3ccccc3)cnn12. The molecule has 5 heteroatoms. The van der Waals surface area contributed by atoms with E-state index in [1.807, 2.05) is 53.2 Å². The Morgan fingerprint density at radius 1 is 0.962 bits per heavy atom. The molecule has 0 fully saturated rings. The van der Waals surface area contributed by atoms with Crippen LogP contribution >= 0.6 is 0 Å². The van der Waals surface area contributed by atoms with Crippen molar-refractivity contribution in [2.75, 3.05) is 25.6 Å². The average molecular weight is 344 g/mol. The zero-order valence-corrected chi connectivity index (χ0v) is 14.6. The molecule has 0 amide bonds. The Kier molecular flexibility index (Phi) is 4.62. The molecule has 0 spiro atoms. The lowest BCUT2D eigenvalue weighted by Crippen LogP contribution is -2.11. The van der Waals surface area contributed by atoms with Crippen LogP contribution in [0.5, 0.6) is 0 Å². The molecule has 0 atom stereocenters. The normalized spacial score (nSPS) is 11.0. The summed E-state index contributed by atoms with van der Waals surface area (Å²) in [5.41, 5.74) is 4.93. The van der Waals surface area contributed by atoms with Crippen LogP contribution in [0.4, 0.5) is 5.82 Å². The molecule has 0 aliphatic rings. The fraction of sp³-hybridized carbons (Fsp3) is 0.143. The van der Waals surface area contributed by atoms with Gasteiger partial charge in [0.1, 0.15) is 5.82 Å². The zero-order chi connectivity index (χ0) is 17.8. The standard InChI is InChI=1S/C21H20N4O/c1-26-13-12-22-20-14-19(17-10-6-3-7-11-17)24-21-18(15-23-25(20)21)16-8-4-2-5-9-16/h2-11,14-15,22H,12-13H2,1H3. The van der Waals surface area contributed by atoms with E-state index in [9.17, 15) is 0 Å². The molecular formula is C21H20N4O. The minimum Gasteiger partial charge on any atom is -0.383 e. The summed E-state index contributed by atoms with van der Waals surface area (Å²) in [6.07, 6.45) is 1.87. The average Bonchev–Trinajstić information content (AvgIpc) is 3.14. The number of hydrogen-bond donors (Lipinski definition) is 1. The van der Waals surface area contributed by atoms with Gasteiger partial charge in [0.2, 0.25) is 0 Å². The maximum atomic E-state index is 5.16. The lowest BCUT2D eigenvalue weighted by atomic mass is 10.1. The van der Waals surface area contributed by atoms with E-state index in [4.69, 9.17) is 9.72 Å². The minimum absolute atomic E-state index is 0.622. The van der Waals surface area contributed by atoms with Crippen LogP contribution in [0.1, 0.15) is 0 Å². The van der Waals surface area contributed by atoms with Gasteiger partial charge in [-0.3, -0.25) is 0 Å². The summed E-state index contributed by atoms with van der Waals surface area (Å²) in [4.78, 5) is 4.90. The summed E-state index contributed by atoms with van der Waals surface area (Å²) < 4.78 is 7.01. The van der Waals surface area contributed by atoms with Gasteiger partial charge in [0.25, 0.3) is 0 Å². The molecule has 0 bridgehead atoms. The van der Waals surface area contributed by atoms with Crippen molar-refractivity contribution < 1.29 is 4.74 Å². The van der Waals surface area contributed by atoms with Crippen LogP contribution < -0.4 is 5.32 Å². The molecule has 0 saturated heterocycles. The van der Waals surface area contributed by atoms with Gasteiger partial charge >= 0.3 is 0 Å². The van der Waals surface area contributed by atoms with Gasteiger partial charge in [0, 0.05) is 30.8 Å². The first-order chi connectivity index (χ1) is 12.9. The smallest absolute Gasteiger partial charge is 0.165 e. The van der Waals surface area contributed by atoms with E-state index in [0.717, 1.165) is 33.8 Å². The van der Waals surface area contributed by atoms with Crippen LogP contribution in [-0.2, 0) is 4.74 Å². The summed E-state index contributed by atoms with van der Waals surface area (Å²) in [5.74, 6) is 0.896. The fourth-order valence-corrected chi connectivity index (χ4v) is 2.95. The maximum Gasteiger partial charge on any atom is 0.165 e. The predicted octanol–water partition coefficient (Wildman–Crippen LogP) is 4.12. The number of anilines is 1. The molecule has 0 aliphatic carbocycles. The Morgan fingerprint density at radius 2 is 1.65 bits per heavy atom. The van der Waals surface area contributed by atoms with E-state index in [1.165, 1.54) is 0 Å². The van der Waals surface area contributed by atoms with E-state index >= 15 is 0 Å². The highest BCUT2D eigenvalue weighted by Gasteiger charge is 2.13. The predicted molar refractivity (Wildman–Crippen MR) is 104 cm³/mol. The quantitative estimate of drug-likeness (QED) is 0.535. The van der Waals surface area contributed by atoms with Gasteiger partial charge in [-0.05, 0) is 5.56 Å². The molecule has 0 saturated carbocycles. The largest absolute Gasteiger partial charge is 0.383 e. The molecule has 130 valence electrons. The number of aromatic nitrogens is 3. The van der Waals surface area contributed by atoms with Gasteiger partial charge in [-0.1, -0.05) is 60.7 Å². The van der Waals surface area contributed by atoms with Crippen molar-refractivity contribution >= 4 is 11.5 Å². The monoisotopic (exact) mass is 344 g/mol. The van der Waals surface area contributed by atoms with Gasteiger partial charge in [0.15, 0.2) is 5.65 Å². The van der Waals surface area contributed by atoms with Crippen LogP contribution in [0.15, 0.2) is 72.9 Å². The summed E-state index contributed by atoms with van der Waals surface area (Å²) >= 11 is 0. The number of rotatable bonds is 6. The van der Waals surface area contributed by atoms with Gasteiger partial charge in [-0.2, -0.15) is 9.61 Å². The van der Waals surface area contributed by atoms with Crippen molar-refractivity contribution in [1.82, 2.24) is 14.6 Å². The van der Waals surface area contributed by atoms with Crippen molar-refractivity contribution in [2.45, 2.75) is 0 Å². The van der Waals surface area contributed by atoms with E-state index in [2.05, 4.69) is 34.7 Å². The van der Waals surface area contributed by atoms with Crippen molar-refractivity contribution in [2.24, 2.45) is 0 Å². The number of nitrogens with one attached hydrogen (secondary N) is 1. The third-order valence-electron chi connectivity index (χ3n) is 4.24. The summed E-state index contributed by atoms with van der Waals surface area (Å²) in [6.45, 7) is 1.32. The van der Waals surface area contributed by atoms with Crippen molar-refractivity contribution in [3.05, 3.63) is 72.9 Å². The minimum atomic E-state index is 0.622. The van der Waals surface area contributed by atoms with Crippen LogP contribution in [0.25, 0.3) is 28.0 Å². The Morgan fingerprint density at radius 3 is 2.35 bits per heavy atom. The maximum absolute atomic E-state index is 5.16. The molecule has 1 N–H and O–H groups in total. The second-order valence-corrected chi connectivity index (χ2v) is 5.97. The Bertz CT molecular complexity index is 997. The van der Waals surface area contributed by atoms with Crippen LogP contribution in [0.3, 0.4) is 0 Å². The van der Waals surface area contributed by atoms with Gasteiger partial charge in [0.05, 0.1) is 18.5 Å². The highest BCUT2D eigenvalue weighted by Crippen LogP contribution is 2.28. The molecule has 0 radical (unpaired) electrons. The van der Waals surface area contributed by atoms with Gasteiger partial charge < -0.3 is 10.1 Å². The molecule has 26 heavy (non-hydrogen) atoms. The summed E-state index contributed by atoms with van der Waals surface area (Å²) in [5, 5.41) is 7.96. The highest BCUT2D eigenvalue weighted by atomic mass is 16.5. The number of methoxy groups -OCH3 is 1. The molecule has 0 unspecified atom stereocenters. The highest BCUT2D eigenvalue weighted by molar-refractivity contribution is 5.80. The van der Waals surface area contributed by atoms with Crippen LogP contribution in [0.2, 0.25) is 0 Å². The van der Waals surface area contributed by atoms with E-state index in [0.29, 0.717) is 13.2 Å². The van der Waals surface area contributed by atoms with E-state index < -0.39 is 0 Å². The second-order valence-electron chi connectivity index (χ2n) is 5.97. The third kappa shape index (κ3) is 3.17. The molecular weight excluding hydrogens is 324 g/mol. The number of fused-ring (bicyclic) bond motifs is 1. The van der Waals surface area contributed by atoms with Crippen LogP contribution in [-0.4, -0.2) is 34.9 Å². The fourth-order valence-electron chi connectivity index (χ4n) is 2.95. The van der Waals surface area contributed by atoms with Crippen LogP contribution in [0, 0.1) is 0 Å². The first-order valence-corrected chi connectivity index (χ1v) is 8.59. The number of benzene rings is 2. The Balaban J connectivity index is 1.87. The molecule has 2 heterocycles. The zero-order valence-electron chi connectivity index (χ0n) is 14.6. The lowest BCUT2D eigenvalue weighted by molar-refractivity contribution is 0.210. The molecule has 4 rings (SSSR count). The Labute approximate surface area is 152 Å². The first-order valence-electron chi connectivity index (χ1n) is 8.59. The Hall–Kier alpha value is -3.18. The number of hydrogen-bond acceptors (Lipinski definition) is 4. The van der Waals surface area contributed by atoms with Gasteiger partial charge in [-0.15, -0.1) is 0 Å². The summed E-state index contributed by atoms with van der Waals surface area (Å²) in [6, 6.07) is 22.4. The third-order valence-corrected chi connectivity index (χ3v) is 4.24. The first kappa shape index (κ1) is 16.3. The van der Waals surface area contributed by atoms with E-state index in [-0.39, 0.29) is 0 Å². The lowest BCUT2D eigenvalue weighted by Gasteiger charge is -2.11. The molecule has 5 nitrogen and oxygen atoms in total. The van der Waals surface area contributed by atoms with E-state index in [1.54, 1.807) is 7.11 Å². The van der Waals surface area contributed by atoms with Crippen molar-refractivity contribution in [3.8, 4) is 22.4 Å². The molecule has 2 aromatic carbocycles. The molecule has 2 aromatic heterocycles. The summed E-state index contributed by atoms with van der Waals surface area (Å²) in [7, 11) is 1.70. The number of nitrogens with zero attached hydrogens (tertiary/aromatic N) is 3. The number of ether oxygens (including phenoxy) is 1. The van der Waals surface area contributed by atoms with Crippen molar-refractivity contribution in [3.63, 3.8) is 0 Å². The molecule has 0 aliphatic heterocycles. The molecule has 4 aromatic rings. The van der Waals surface area contributed by atoms with Gasteiger partial charge in [-0.25, -0.2) is 4.98 Å². The topological polar surface area (TPSA) is 51.5 Å². The van der Waals surface area contributed by atoms with Crippen molar-refractivity contribution in [1.29, 1.82) is 0 Å².